The van der Waals surface area contributed by atoms with Gasteiger partial charge in [0.15, 0.2) is 0 Å². The molecule has 34 heavy (non-hydrogen) atoms. The van der Waals surface area contributed by atoms with Crippen LogP contribution in [0.5, 0.6) is 5.88 Å². The zero-order valence-electron chi connectivity index (χ0n) is 20.8. The molecule has 2 aromatic rings. The van der Waals surface area contributed by atoms with Gasteiger partial charge < -0.3 is 14.8 Å². The molecule has 3 saturated heterocycles. The van der Waals surface area contributed by atoms with Gasteiger partial charge >= 0.3 is 6.09 Å². The van der Waals surface area contributed by atoms with Crippen molar-refractivity contribution in [3.63, 3.8) is 0 Å². The molecule has 3 fully saturated rings. The van der Waals surface area contributed by atoms with E-state index in [2.05, 4.69) is 67.2 Å². The van der Waals surface area contributed by atoms with Gasteiger partial charge in [-0.05, 0) is 72.4 Å². The van der Waals surface area contributed by atoms with Crippen LogP contribution in [-0.2, 0) is 11.2 Å². The van der Waals surface area contributed by atoms with Crippen molar-refractivity contribution in [1.82, 2.24) is 15.2 Å². The number of hydrogen-bond donors (Lipinski definition) is 1. The molecule has 4 aliphatic rings. The molecule has 6 rings (SSSR count). The molecule has 6 nitrogen and oxygen atoms in total. The number of nitrogens with zero attached hydrogens (tertiary/aromatic N) is 2. The minimum absolute atomic E-state index is 0.0221. The van der Waals surface area contributed by atoms with Crippen LogP contribution in [0.3, 0.4) is 0 Å². The molecule has 2 atom stereocenters. The van der Waals surface area contributed by atoms with Crippen molar-refractivity contribution in [3.8, 4) is 17.0 Å². The number of benzene rings is 1. The summed E-state index contributed by atoms with van der Waals surface area (Å²) < 4.78 is 11.6. The van der Waals surface area contributed by atoms with Gasteiger partial charge in [-0.3, -0.25) is 4.90 Å². The van der Waals surface area contributed by atoms with Gasteiger partial charge in [0.1, 0.15) is 6.10 Å². The van der Waals surface area contributed by atoms with E-state index < -0.39 is 0 Å². The van der Waals surface area contributed by atoms with E-state index in [-0.39, 0.29) is 23.7 Å². The first-order valence-corrected chi connectivity index (χ1v) is 12.7. The molecular formula is C28H37N3O3. The number of hydrogen-bond acceptors (Lipinski definition) is 5. The van der Waals surface area contributed by atoms with Crippen LogP contribution in [0.1, 0.15) is 57.7 Å². The van der Waals surface area contributed by atoms with E-state index in [0.29, 0.717) is 24.3 Å². The molecule has 1 aromatic carbocycles. The summed E-state index contributed by atoms with van der Waals surface area (Å²) in [5.74, 6) is 1.64. The van der Waals surface area contributed by atoms with Gasteiger partial charge in [0.05, 0.1) is 12.6 Å². The van der Waals surface area contributed by atoms with E-state index in [4.69, 9.17) is 9.47 Å². The first-order valence-electron chi connectivity index (χ1n) is 12.7. The summed E-state index contributed by atoms with van der Waals surface area (Å²) in [7, 11) is 0. The van der Waals surface area contributed by atoms with E-state index in [9.17, 15) is 4.79 Å². The van der Waals surface area contributed by atoms with E-state index in [1.54, 1.807) is 0 Å². The lowest BCUT2D eigenvalue weighted by Gasteiger charge is -2.44. The number of carbonyl (C=O) groups excluding carboxylic acids is 1. The lowest BCUT2D eigenvalue weighted by Crippen LogP contribution is -2.53. The Bertz CT molecular complexity index is 1030. The molecule has 0 saturated carbocycles. The van der Waals surface area contributed by atoms with Crippen molar-refractivity contribution in [2.24, 2.45) is 17.3 Å². The Morgan fingerprint density at radius 1 is 1.18 bits per heavy atom. The standard InChI is InChI=1S/C28H37N3O3/c1-18(2)17-33-25-8-6-21(15-29-25)20-5-7-23-22(13-20)14-28(3,4)26(23)30-27(32)34-24-16-31-11-9-19(24)10-12-31/h5-8,13,15,18-19,24,26H,9-12,14,16-17H2,1-4H3,(H,30,32)/t24-,26?/m1/s1. The maximum absolute atomic E-state index is 12.9. The molecule has 1 aromatic heterocycles. The van der Waals surface area contributed by atoms with Crippen LogP contribution in [0.15, 0.2) is 36.5 Å². The minimum atomic E-state index is -0.282. The molecule has 0 radical (unpaired) electrons. The molecule has 2 bridgehead atoms. The molecule has 3 aliphatic heterocycles. The third kappa shape index (κ3) is 4.78. The second-order valence-electron chi connectivity index (χ2n) is 11.3. The summed E-state index contributed by atoms with van der Waals surface area (Å²) >= 11 is 0. The van der Waals surface area contributed by atoms with Crippen molar-refractivity contribution >= 4 is 6.09 Å². The van der Waals surface area contributed by atoms with Crippen LogP contribution in [0.2, 0.25) is 0 Å². The summed E-state index contributed by atoms with van der Waals surface area (Å²) in [5, 5.41) is 3.21. The quantitative estimate of drug-likeness (QED) is 0.636. The maximum atomic E-state index is 12.9. The molecule has 1 aliphatic carbocycles. The van der Waals surface area contributed by atoms with Crippen LogP contribution in [0, 0.1) is 17.3 Å². The topological polar surface area (TPSA) is 63.7 Å². The lowest BCUT2D eigenvalue weighted by molar-refractivity contribution is -0.0348. The van der Waals surface area contributed by atoms with Crippen molar-refractivity contribution in [2.45, 2.75) is 59.1 Å². The number of carbonyl (C=O) groups is 1. The van der Waals surface area contributed by atoms with Gasteiger partial charge in [-0.2, -0.15) is 0 Å². The predicted octanol–water partition coefficient (Wildman–Crippen LogP) is 5.23. The zero-order chi connectivity index (χ0) is 23.9. The highest BCUT2D eigenvalue weighted by Gasteiger charge is 2.42. The molecule has 1 N–H and O–H groups in total. The van der Waals surface area contributed by atoms with E-state index in [1.165, 1.54) is 11.1 Å². The Morgan fingerprint density at radius 3 is 2.59 bits per heavy atom. The number of nitrogens with one attached hydrogen (secondary N) is 1. The smallest absolute Gasteiger partial charge is 0.407 e. The van der Waals surface area contributed by atoms with Crippen LogP contribution in [0.25, 0.3) is 11.1 Å². The molecule has 182 valence electrons. The first-order chi connectivity index (χ1) is 16.3. The number of aromatic nitrogens is 1. The highest BCUT2D eigenvalue weighted by molar-refractivity contribution is 5.70. The summed E-state index contributed by atoms with van der Waals surface area (Å²) in [4.78, 5) is 19.8. The minimum Gasteiger partial charge on any atom is -0.477 e. The summed E-state index contributed by atoms with van der Waals surface area (Å²) in [6.45, 7) is 12.5. The third-order valence-corrected chi connectivity index (χ3v) is 7.63. The molecule has 6 heteroatoms. The van der Waals surface area contributed by atoms with Gasteiger partial charge in [-0.1, -0.05) is 45.9 Å². The Hall–Kier alpha value is -2.60. The fraction of sp³-hybridized carbons (Fsp3) is 0.571. The number of alkyl carbamates (subject to hydrolysis) is 1. The third-order valence-electron chi connectivity index (χ3n) is 7.63. The Morgan fingerprint density at radius 2 is 1.94 bits per heavy atom. The second kappa shape index (κ2) is 9.21. The highest BCUT2D eigenvalue weighted by Crippen LogP contribution is 2.46. The number of pyridine rings is 1. The van der Waals surface area contributed by atoms with Crippen LogP contribution >= 0.6 is 0 Å². The van der Waals surface area contributed by atoms with E-state index in [1.807, 2.05) is 12.3 Å². The Kier molecular flexibility index (Phi) is 6.28. The maximum Gasteiger partial charge on any atom is 0.407 e. The molecule has 1 unspecified atom stereocenters. The average molecular weight is 464 g/mol. The van der Waals surface area contributed by atoms with Gasteiger partial charge in [-0.15, -0.1) is 0 Å². The van der Waals surface area contributed by atoms with Gasteiger partial charge in [-0.25, -0.2) is 9.78 Å². The summed E-state index contributed by atoms with van der Waals surface area (Å²) in [6, 6.07) is 10.5. The van der Waals surface area contributed by atoms with E-state index >= 15 is 0 Å². The van der Waals surface area contributed by atoms with Crippen molar-refractivity contribution < 1.29 is 14.3 Å². The molecule has 0 spiro atoms. The normalized spacial score (nSPS) is 26.9. The zero-order valence-corrected chi connectivity index (χ0v) is 20.8. The van der Waals surface area contributed by atoms with Crippen LogP contribution in [0.4, 0.5) is 4.79 Å². The molecule has 4 heterocycles. The summed E-state index contributed by atoms with van der Waals surface area (Å²) in [6.07, 6.45) is 4.79. The fourth-order valence-corrected chi connectivity index (χ4v) is 5.73. The number of fused-ring (bicyclic) bond motifs is 4. The van der Waals surface area contributed by atoms with Crippen LogP contribution < -0.4 is 10.1 Å². The lowest BCUT2D eigenvalue weighted by atomic mass is 9.85. The molecule has 1 amide bonds. The van der Waals surface area contributed by atoms with Crippen molar-refractivity contribution in [1.29, 1.82) is 0 Å². The van der Waals surface area contributed by atoms with Crippen LogP contribution in [-0.4, -0.2) is 48.3 Å². The van der Waals surface area contributed by atoms with Gasteiger partial charge in [0.25, 0.3) is 0 Å². The van der Waals surface area contributed by atoms with Gasteiger partial charge in [0, 0.05) is 24.4 Å². The monoisotopic (exact) mass is 463 g/mol. The van der Waals surface area contributed by atoms with E-state index in [0.717, 1.165) is 50.0 Å². The number of piperidine rings is 3. The van der Waals surface area contributed by atoms with Gasteiger partial charge in [0.2, 0.25) is 5.88 Å². The number of amides is 1. The SMILES string of the molecule is CC(C)COc1ccc(-c2ccc3c(c2)CC(C)(C)C3NC(=O)O[C@@H]2CN3CCC2CC3)cn1. The van der Waals surface area contributed by atoms with Crippen molar-refractivity contribution in [2.75, 3.05) is 26.2 Å². The average Bonchev–Trinajstić information content (AvgIpc) is 3.07. The molecular weight excluding hydrogens is 426 g/mol. The second-order valence-corrected chi connectivity index (χ2v) is 11.3. The van der Waals surface area contributed by atoms with Crippen molar-refractivity contribution in [3.05, 3.63) is 47.7 Å². The number of ether oxygens (including phenoxy) is 2. The highest BCUT2D eigenvalue weighted by atomic mass is 16.6. The number of rotatable bonds is 6. The largest absolute Gasteiger partial charge is 0.477 e. The predicted molar refractivity (Wildman–Crippen MR) is 133 cm³/mol. The summed E-state index contributed by atoms with van der Waals surface area (Å²) in [5.41, 5.74) is 4.57. The Balaban J connectivity index is 1.27. The fourth-order valence-electron chi connectivity index (χ4n) is 5.73. The first kappa shape index (κ1) is 23.2. The Labute approximate surface area is 203 Å².